The fourth-order valence-corrected chi connectivity index (χ4v) is 7.83. The molecular formula is C49H93O10P. The molecule has 0 aliphatic carbocycles. The monoisotopic (exact) mass is 873 g/mol. The minimum atomic E-state index is -4.64. The van der Waals surface area contributed by atoms with Crippen LogP contribution in [0.15, 0.2) is 24.3 Å². The summed E-state index contributed by atoms with van der Waals surface area (Å²) in [4.78, 5) is 34.6. The lowest BCUT2D eigenvalue weighted by molar-refractivity contribution is -0.153. The predicted molar refractivity (Wildman–Crippen MR) is 247 cm³/mol. The summed E-state index contributed by atoms with van der Waals surface area (Å²) in [5, 5.41) is 19.2. The van der Waals surface area contributed by atoms with E-state index in [2.05, 4.69) is 38.2 Å². The van der Waals surface area contributed by atoms with Crippen LogP contribution in [0, 0.1) is 0 Å². The largest absolute Gasteiger partial charge is 0.472 e. The number of carbonyl (C=O) groups excluding carboxylic acids is 2. The molecule has 3 atom stereocenters. The lowest BCUT2D eigenvalue weighted by Crippen LogP contribution is -2.28. The molecule has 0 amide bonds. The van der Waals surface area contributed by atoms with E-state index in [1.807, 2.05) is 0 Å². The average Bonchev–Trinajstić information content (AvgIpc) is 3.24. The summed E-state index contributed by atoms with van der Waals surface area (Å²) < 4.78 is 32.7. The van der Waals surface area contributed by atoms with Gasteiger partial charge in [0.05, 0.1) is 26.4 Å². The highest BCUT2D eigenvalue weighted by Gasteiger charge is 2.27. The molecule has 0 fully saturated rings. The highest BCUT2D eigenvalue weighted by Crippen LogP contribution is 2.43. The van der Waals surface area contributed by atoms with E-state index < -0.39 is 58.4 Å². The van der Waals surface area contributed by atoms with Crippen LogP contribution in [0.4, 0.5) is 0 Å². The zero-order valence-electron chi connectivity index (χ0n) is 38.7. The van der Waals surface area contributed by atoms with Crippen molar-refractivity contribution in [2.75, 3.05) is 26.4 Å². The van der Waals surface area contributed by atoms with Crippen molar-refractivity contribution in [1.82, 2.24) is 0 Å². The quantitative estimate of drug-likeness (QED) is 0.0233. The van der Waals surface area contributed by atoms with Gasteiger partial charge in [-0.15, -0.1) is 0 Å². The first-order valence-electron chi connectivity index (χ1n) is 24.8. The Morgan fingerprint density at radius 3 is 0.950 bits per heavy atom. The maximum Gasteiger partial charge on any atom is 0.472 e. The maximum absolute atomic E-state index is 12.4. The number of hydrogen-bond acceptors (Lipinski definition) is 9. The highest BCUT2D eigenvalue weighted by atomic mass is 31.2. The van der Waals surface area contributed by atoms with Crippen LogP contribution in [-0.2, 0) is 32.7 Å². The number of aliphatic hydroxyl groups excluding tert-OH is 2. The standard InChI is InChI=1S/C49H93O10P/c1-3-5-7-9-11-13-15-17-19-21-23-25-27-29-31-33-35-37-39-41-49(53)59-47(43-51)45-57-60(54,55)56-44-46(42-50)58-48(52)40-38-36-34-32-30-28-26-24-22-20-18-16-14-12-10-8-6-4-2/h17,19-20,22,46-47,50-51H,3-16,18,21,23-45H2,1-2H3,(H,54,55)/b19-17-,22-20-. The normalized spacial score (nSPS) is 13.9. The van der Waals surface area contributed by atoms with Crippen molar-refractivity contribution >= 4 is 19.8 Å². The number of unbranched alkanes of at least 4 members (excludes halogenated alkanes) is 29. The zero-order chi connectivity index (χ0) is 44.0. The maximum atomic E-state index is 12.4. The topological polar surface area (TPSA) is 149 Å². The van der Waals surface area contributed by atoms with E-state index in [9.17, 15) is 29.3 Å². The lowest BCUT2D eigenvalue weighted by Gasteiger charge is -2.20. The van der Waals surface area contributed by atoms with Crippen molar-refractivity contribution in [3.05, 3.63) is 24.3 Å². The van der Waals surface area contributed by atoms with Gasteiger partial charge in [0.15, 0.2) is 0 Å². The number of hydrogen-bond donors (Lipinski definition) is 3. The van der Waals surface area contributed by atoms with Gasteiger partial charge in [-0.25, -0.2) is 4.57 Å². The fourth-order valence-electron chi connectivity index (χ4n) is 7.05. The Bertz CT molecular complexity index is 1050. The first-order chi connectivity index (χ1) is 29.3. The van der Waals surface area contributed by atoms with Gasteiger partial charge in [0.25, 0.3) is 0 Å². The van der Waals surface area contributed by atoms with E-state index in [-0.39, 0.29) is 12.8 Å². The summed E-state index contributed by atoms with van der Waals surface area (Å²) in [5.41, 5.74) is 0. The van der Waals surface area contributed by atoms with Crippen LogP contribution in [-0.4, -0.2) is 65.7 Å². The summed E-state index contributed by atoms with van der Waals surface area (Å²) in [6, 6.07) is 0. The Balaban J connectivity index is 3.85. The minimum absolute atomic E-state index is 0.189. The molecule has 10 nitrogen and oxygen atoms in total. The molecule has 3 unspecified atom stereocenters. The van der Waals surface area contributed by atoms with Crippen molar-refractivity contribution in [3.63, 3.8) is 0 Å². The number of esters is 2. The smallest absolute Gasteiger partial charge is 0.457 e. The summed E-state index contributed by atoms with van der Waals surface area (Å²) in [6.45, 7) is 2.23. The third kappa shape index (κ3) is 43.1. The van der Waals surface area contributed by atoms with Gasteiger partial charge >= 0.3 is 19.8 Å². The van der Waals surface area contributed by atoms with Crippen molar-refractivity contribution < 1.29 is 47.8 Å². The van der Waals surface area contributed by atoms with Gasteiger partial charge in [0, 0.05) is 12.8 Å². The molecule has 0 radical (unpaired) electrons. The Morgan fingerprint density at radius 1 is 0.433 bits per heavy atom. The Labute approximate surface area is 368 Å². The Hall–Kier alpha value is -1.55. The molecule has 0 aliphatic rings. The van der Waals surface area contributed by atoms with E-state index in [0.717, 1.165) is 44.9 Å². The van der Waals surface area contributed by atoms with Gasteiger partial charge in [-0.2, -0.15) is 0 Å². The van der Waals surface area contributed by atoms with Crippen LogP contribution < -0.4 is 0 Å². The van der Waals surface area contributed by atoms with Crippen molar-refractivity contribution in [2.24, 2.45) is 0 Å². The van der Waals surface area contributed by atoms with Crippen molar-refractivity contribution in [2.45, 2.75) is 251 Å². The second-order valence-electron chi connectivity index (χ2n) is 16.8. The van der Waals surface area contributed by atoms with Crippen molar-refractivity contribution in [3.8, 4) is 0 Å². The number of phosphoric acid groups is 1. The van der Waals surface area contributed by atoms with Crippen molar-refractivity contribution in [1.29, 1.82) is 0 Å². The lowest BCUT2D eigenvalue weighted by atomic mass is 10.1. The van der Waals surface area contributed by atoms with Crippen LogP contribution in [0.3, 0.4) is 0 Å². The average molecular weight is 873 g/mol. The molecule has 0 aromatic carbocycles. The summed E-state index contributed by atoms with van der Waals surface area (Å²) in [6.07, 6.45) is 47.2. The first kappa shape index (κ1) is 58.5. The second kappa shape index (κ2) is 45.5. The molecule has 0 saturated carbocycles. The molecule has 0 aromatic rings. The minimum Gasteiger partial charge on any atom is -0.457 e. The molecule has 0 bridgehead atoms. The van der Waals surface area contributed by atoms with E-state index >= 15 is 0 Å². The van der Waals surface area contributed by atoms with E-state index in [1.54, 1.807) is 0 Å². The molecule has 0 saturated heterocycles. The molecule has 60 heavy (non-hydrogen) atoms. The van der Waals surface area contributed by atoms with Gasteiger partial charge in [-0.3, -0.25) is 18.6 Å². The van der Waals surface area contributed by atoms with E-state index in [4.69, 9.17) is 18.5 Å². The summed E-state index contributed by atoms with van der Waals surface area (Å²) in [5.74, 6) is -1.02. The van der Waals surface area contributed by atoms with E-state index in [1.165, 1.54) is 154 Å². The Morgan fingerprint density at radius 2 is 0.683 bits per heavy atom. The van der Waals surface area contributed by atoms with Crippen LogP contribution in [0.5, 0.6) is 0 Å². The molecule has 0 aliphatic heterocycles. The number of carbonyl (C=O) groups is 2. The SMILES string of the molecule is CCCCCCCC/C=C\CCCCCCCCCCCC(=O)OC(CO)COP(=O)(O)OCC(CO)OC(=O)CCCCCCCCC/C=C\CCCCCCCCC. The van der Waals surface area contributed by atoms with Crippen LogP contribution in [0.25, 0.3) is 0 Å². The number of ether oxygens (including phenoxy) is 2. The van der Waals surface area contributed by atoms with Gasteiger partial charge < -0.3 is 24.6 Å². The fraction of sp³-hybridized carbons (Fsp3) is 0.878. The van der Waals surface area contributed by atoms with Gasteiger partial charge in [-0.05, 0) is 64.2 Å². The molecule has 11 heteroatoms. The third-order valence-electron chi connectivity index (χ3n) is 10.9. The molecule has 354 valence electrons. The molecule has 0 aromatic heterocycles. The number of phosphoric ester groups is 1. The van der Waals surface area contributed by atoms with E-state index in [0.29, 0.717) is 12.8 Å². The van der Waals surface area contributed by atoms with Gasteiger partial charge in [-0.1, -0.05) is 186 Å². The summed E-state index contributed by atoms with van der Waals surface area (Å²) >= 11 is 0. The Kier molecular flexibility index (Phi) is 44.3. The third-order valence-corrected chi connectivity index (χ3v) is 11.8. The van der Waals surface area contributed by atoms with Crippen LogP contribution in [0.2, 0.25) is 0 Å². The molecule has 0 heterocycles. The molecule has 0 rings (SSSR count). The first-order valence-corrected chi connectivity index (χ1v) is 26.3. The highest BCUT2D eigenvalue weighted by molar-refractivity contribution is 7.47. The van der Waals surface area contributed by atoms with Crippen LogP contribution in [0.1, 0.15) is 239 Å². The number of rotatable bonds is 47. The molecule has 0 spiro atoms. The van der Waals surface area contributed by atoms with Crippen LogP contribution >= 0.6 is 7.82 Å². The van der Waals surface area contributed by atoms with Gasteiger partial charge in [0.2, 0.25) is 0 Å². The molecule has 3 N–H and O–H groups in total. The second-order valence-corrected chi connectivity index (χ2v) is 18.2. The predicted octanol–water partition coefficient (Wildman–Crippen LogP) is 13.7. The summed E-state index contributed by atoms with van der Waals surface area (Å²) in [7, 11) is -4.64. The van der Waals surface area contributed by atoms with Gasteiger partial charge in [0.1, 0.15) is 12.2 Å². The number of aliphatic hydroxyl groups is 2. The molecular weight excluding hydrogens is 780 g/mol. The number of allylic oxidation sites excluding steroid dienone is 4. The zero-order valence-corrected chi connectivity index (χ0v) is 39.6.